The Morgan fingerprint density at radius 2 is 1.96 bits per heavy atom. The van der Waals surface area contributed by atoms with Crippen molar-refractivity contribution in [2.24, 2.45) is 0 Å². The van der Waals surface area contributed by atoms with E-state index in [4.69, 9.17) is 0 Å². The Labute approximate surface area is 142 Å². The minimum absolute atomic E-state index is 0.0190. The molecule has 0 saturated heterocycles. The van der Waals surface area contributed by atoms with Gasteiger partial charge in [-0.1, -0.05) is 42.5 Å². The fraction of sp³-hybridized carbons (Fsp3) is 0.350. The number of benzene rings is 2. The molecule has 1 amide bonds. The fourth-order valence-electron chi connectivity index (χ4n) is 3.45. The van der Waals surface area contributed by atoms with Gasteiger partial charge in [0.1, 0.15) is 12.4 Å². The van der Waals surface area contributed by atoms with Gasteiger partial charge in [-0.15, -0.1) is 0 Å². The molecule has 24 heavy (non-hydrogen) atoms. The van der Waals surface area contributed by atoms with E-state index in [0.29, 0.717) is 18.7 Å². The van der Waals surface area contributed by atoms with Crippen molar-refractivity contribution >= 4 is 5.91 Å². The molecular formula is C20H24FN2O+. The lowest BCUT2D eigenvalue weighted by Gasteiger charge is -2.26. The third kappa shape index (κ3) is 4.01. The van der Waals surface area contributed by atoms with Crippen molar-refractivity contribution in [3.05, 3.63) is 71.0 Å². The molecule has 4 heteroatoms. The van der Waals surface area contributed by atoms with Crippen molar-refractivity contribution in [1.29, 1.82) is 0 Å². The van der Waals surface area contributed by atoms with Crippen molar-refractivity contribution in [2.45, 2.75) is 31.8 Å². The summed E-state index contributed by atoms with van der Waals surface area (Å²) in [6, 6.07) is 15.2. The average molecular weight is 327 g/mol. The number of amides is 1. The molecule has 0 radical (unpaired) electrons. The molecule has 1 aliphatic carbocycles. The molecule has 3 rings (SSSR count). The van der Waals surface area contributed by atoms with Crippen LogP contribution in [-0.2, 0) is 17.8 Å². The highest BCUT2D eigenvalue weighted by Gasteiger charge is 2.22. The van der Waals surface area contributed by atoms with Gasteiger partial charge in [0.15, 0.2) is 6.54 Å². The van der Waals surface area contributed by atoms with Gasteiger partial charge in [0, 0.05) is 5.56 Å². The molecule has 3 nitrogen and oxygen atoms in total. The molecular weight excluding hydrogens is 303 g/mol. The maximum Gasteiger partial charge on any atom is 0.275 e. The minimum Gasteiger partial charge on any atom is -0.344 e. The molecule has 0 spiro atoms. The van der Waals surface area contributed by atoms with Gasteiger partial charge in [-0.3, -0.25) is 4.79 Å². The van der Waals surface area contributed by atoms with Gasteiger partial charge in [-0.05, 0) is 36.5 Å². The summed E-state index contributed by atoms with van der Waals surface area (Å²) in [7, 11) is 1.92. The van der Waals surface area contributed by atoms with Gasteiger partial charge in [0.05, 0.1) is 13.1 Å². The van der Waals surface area contributed by atoms with Crippen LogP contribution < -0.4 is 10.2 Å². The summed E-state index contributed by atoms with van der Waals surface area (Å²) in [5.74, 6) is -0.191. The monoisotopic (exact) mass is 327 g/mol. The lowest BCUT2D eigenvalue weighted by molar-refractivity contribution is -0.885. The van der Waals surface area contributed by atoms with Crippen molar-refractivity contribution in [2.75, 3.05) is 13.6 Å². The van der Waals surface area contributed by atoms with Crippen LogP contribution in [0.25, 0.3) is 0 Å². The Morgan fingerprint density at radius 1 is 1.21 bits per heavy atom. The third-order valence-corrected chi connectivity index (χ3v) is 4.62. The zero-order chi connectivity index (χ0) is 16.9. The van der Waals surface area contributed by atoms with E-state index in [1.165, 1.54) is 17.2 Å². The maximum atomic E-state index is 13.7. The van der Waals surface area contributed by atoms with Crippen LogP contribution in [0.4, 0.5) is 4.39 Å². The molecule has 2 aromatic rings. The number of carbonyl (C=O) groups is 1. The molecule has 0 heterocycles. The lowest BCUT2D eigenvalue weighted by atomic mass is 9.88. The van der Waals surface area contributed by atoms with E-state index in [9.17, 15) is 9.18 Å². The summed E-state index contributed by atoms with van der Waals surface area (Å²) < 4.78 is 13.7. The number of nitrogens with one attached hydrogen (secondary N) is 2. The second kappa shape index (κ2) is 7.58. The van der Waals surface area contributed by atoms with Crippen LogP contribution in [0.15, 0.2) is 48.5 Å². The molecule has 2 atom stereocenters. The van der Waals surface area contributed by atoms with Crippen LogP contribution >= 0.6 is 0 Å². The number of quaternary nitrogens is 1. The van der Waals surface area contributed by atoms with Crippen LogP contribution in [0.2, 0.25) is 0 Å². The van der Waals surface area contributed by atoms with Gasteiger partial charge in [0.25, 0.3) is 5.91 Å². The SMILES string of the molecule is C[NH+](CC(=O)N[C@@H]1CCCc2ccccc21)Cc1ccccc1F. The number of likely N-dealkylation sites (N-methyl/N-ethyl adjacent to an activating group) is 1. The van der Waals surface area contributed by atoms with Crippen LogP contribution in [0, 0.1) is 5.82 Å². The van der Waals surface area contributed by atoms with Crippen molar-refractivity contribution in [1.82, 2.24) is 5.32 Å². The third-order valence-electron chi connectivity index (χ3n) is 4.62. The average Bonchev–Trinajstić information content (AvgIpc) is 2.57. The molecule has 2 N–H and O–H groups in total. The molecule has 0 fully saturated rings. The number of rotatable bonds is 5. The predicted octanol–water partition coefficient (Wildman–Crippen LogP) is 2.03. The van der Waals surface area contributed by atoms with E-state index < -0.39 is 0 Å². The predicted molar refractivity (Wildman–Crippen MR) is 92.1 cm³/mol. The van der Waals surface area contributed by atoms with Gasteiger partial charge in [-0.25, -0.2) is 4.39 Å². The number of hydrogen-bond donors (Lipinski definition) is 2. The van der Waals surface area contributed by atoms with Crippen LogP contribution in [0.3, 0.4) is 0 Å². The molecule has 1 aliphatic rings. The van der Waals surface area contributed by atoms with E-state index in [1.54, 1.807) is 12.1 Å². The second-order valence-corrected chi connectivity index (χ2v) is 6.61. The topological polar surface area (TPSA) is 33.5 Å². The molecule has 0 aliphatic heterocycles. The van der Waals surface area contributed by atoms with E-state index in [2.05, 4.69) is 23.5 Å². The standard InChI is InChI=1S/C20H23FN2O/c1-23(13-16-8-3-5-11-18(16)21)14-20(24)22-19-12-6-9-15-7-2-4-10-17(15)19/h2-5,7-8,10-11,19H,6,9,12-14H2,1H3,(H,22,24)/p+1/t19-/m1/s1. The highest BCUT2D eigenvalue weighted by atomic mass is 19.1. The summed E-state index contributed by atoms with van der Waals surface area (Å²) in [5.41, 5.74) is 3.22. The van der Waals surface area contributed by atoms with E-state index >= 15 is 0 Å². The van der Waals surface area contributed by atoms with Crippen molar-refractivity contribution in [3.8, 4) is 0 Å². The Balaban J connectivity index is 1.57. The normalized spacial score (nSPS) is 17.8. The summed E-state index contributed by atoms with van der Waals surface area (Å²) in [4.78, 5) is 13.4. The quantitative estimate of drug-likeness (QED) is 0.866. The van der Waals surface area contributed by atoms with Gasteiger partial charge in [-0.2, -0.15) is 0 Å². The number of hydrogen-bond acceptors (Lipinski definition) is 1. The van der Waals surface area contributed by atoms with E-state index in [0.717, 1.165) is 24.2 Å². The van der Waals surface area contributed by atoms with Gasteiger partial charge >= 0.3 is 0 Å². The first-order valence-corrected chi connectivity index (χ1v) is 8.55. The second-order valence-electron chi connectivity index (χ2n) is 6.61. The highest BCUT2D eigenvalue weighted by molar-refractivity contribution is 5.77. The van der Waals surface area contributed by atoms with Crippen molar-refractivity contribution in [3.63, 3.8) is 0 Å². The summed E-state index contributed by atoms with van der Waals surface area (Å²) in [6.07, 6.45) is 3.16. The van der Waals surface area contributed by atoms with Crippen LogP contribution in [0.5, 0.6) is 0 Å². The molecule has 1 unspecified atom stereocenters. The lowest BCUT2D eigenvalue weighted by Crippen LogP contribution is -3.09. The highest BCUT2D eigenvalue weighted by Crippen LogP contribution is 2.29. The first-order valence-electron chi connectivity index (χ1n) is 8.55. The molecule has 2 aromatic carbocycles. The molecule has 126 valence electrons. The number of aryl methyl sites for hydroxylation is 1. The Morgan fingerprint density at radius 3 is 2.79 bits per heavy atom. The smallest absolute Gasteiger partial charge is 0.275 e. The zero-order valence-electron chi connectivity index (χ0n) is 14.0. The molecule has 0 aromatic heterocycles. The van der Waals surface area contributed by atoms with Gasteiger partial charge in [0.2, 0.25) is 0 Å². The van der Waals surface area contributed by atoms with Crippen molar-refractivity contribution < 1.29 is 14.1 Å². The van der Waals surface area contributed by atoms with E-state index in [-0.39, 0.29) is 17.8 Å². The molecule has 0 bridgehead atoms. The summed E-state index contributed by atoms with van der Waals surface area (Å²) in [5, 5.41) is 3.15. The largest absolute Gasteiger partial charge is 0.344 e. The Bertz CT molecular complexity index is 716. The first kappa shape index (κ1) is 16.7. The number of carbonyl (C=O) groups excluding carboxylic acids is 1. The fourth-order valence-corrected chi connectivity index (χ4v) is 3.45. The molecule has 0 saturated carbocycles. The number of halogens is 1. The minimum atomic E-state index is -0.210. The summed E-state index contributed by atoms with van der Waals surface area (Å²) in [6.45, 7) is 0.842. The number of fused-ring (bicyclic) bond motifs is 1. The maximum absolute atomic E-state index is 13.7. The Kier molecular flexibility index (Phi) is 5.26. The summed E-state index contributed by atoms with van der Waals surface area (Å²) >= 11 is 0. The zero-order valence-corrected chi connectivity index (χ0v) is 14.0. The first-order chi connectivity index (χ1) is 11.6. The Hall–Kier alpha value is -2.20. The van der Waals surface area contributed by atoms with Crippen LogP contribution in [0.1, 0.15) is 35.6 Å². The van der Waals surface area contributed by atoms with E-state index in [1.807, 2.05) is 19.2 Å². The van der Waals surface area contributed by atoms with Crippen LogP contribution in [-0.4, -0.2) is 19.5 Å². The van der Waals surface area contributed by atoms with Gasteiger partial charge < -0.3 is 10.2 Å².